The molecule has 29 heavy (non-hydrogen) atoms. The van der Waals surface area contributed by atoms with Gasteiger partial charge >= 0.3 is 0 Å². The van der Waals surface area contributed by atoms with Crippen LogP contribution in [0.15, 0.2) is 85.3 Å². The predicted octanol–water partition coefficient (Wildman–Crippen LogP) is 5.50. The van der Waals surface area contributed by atoms with Crippen LogP contribution in [0.1, 0.15) is 29.7 Å². The molecule has 0 spiro atoms. The Labute approximate surface area is 176 Å². The lowest BCUT2D eigenvalue weighted by atomic mass is 10.1. The Hall–Kier alpha value is -2.95. The first kappa shape index (κ1) is 19.4. The fraction of sp³-hybridized carbons (Fsp3) is 0.167. The number of halogens is 1. The number of hydrogen-bond donors (Lipinski definition) is 1. The molecule has 0 aliphatic carbocycles. The first-order valence-corrected chi connectivity index (χ1v) is 10.1. The number of pyridine rings is 1. The fourth-order valence-corrected chi connectivity index (χ4v) is 3.69. The molecule has 5 heteroatoms. The SMILES string of the molecule is C[C@@H](NCc1cn(Cc2ccccc2)nc1-c1cccnc1)c1ccccc1Cl. The monoisotopic (exact) mass is 402 g/mol. The summed E-state index contributed by atoms with van der Waals surface area (Å²) in [5, 5.41) is 9.22. The topological polar surface area (TPSA) is 42.7 Å². The molecule has 1 atom stereocenters. The van der Waals surface area contributed by atoms with Crippen LogP contribution < -0.4 is 5.32 Å². The van der Waals surface area contributed by atoms with Crippen molar-refractivity contribution in [1.82, 2.24) is 20.1 Å². The highest BCUT2D eigenvalue weighted by molar-refractivity contribution is 6.31. The number of benzene rings is 2. The van der Waals surface area contributed by atoms with E-state index < -0.39 is 0 Å². The highest BCUT2D eigenvalue weighted by Crippen LogP contribution is 2.25. The van der Waals surface area contributed by atoms with Gasteiger partial charge in [0.1, 0.15) is 0 Å². The minimum absolute atomic E-state index is 0.128. The summed E-state index contributed by atoms with van der Waals surface area (Å²) in [7, 11) is 0. The van der Waals surface area contributed by atoms with Gasteiger partial charge in [0.2, 0.25) is 0 Å². The average molecular weight is 403 g/mol. The summed E-state index contributed by atoms with van der Waals surface area (Å²) in [4.78, 5) is 4.26. The van der Waals surface area contributed by atoms with E-state index in [9.17, 15) is 0 Å². The van der Waals surface area contributed by atoms with Crippen LogP contribution in [-0.2, 0) is 13.1 Å². The molecule has 4 rings (SSSR count). The normalized spacial score (nSPS) is 12.1. The summed E-state index contributed by atoms with van der Waals surface area (Å²) in [5.41, 5.74) is 5.41. The molecule has 4 nitrogen and oxygen atoms in total. The second kappa shape index (κ2) is 9.03. The minimum Gasteiger partial charge on any atom is -0.306 e. The van der Waals surface area contributed by atoms with Crippen LogP contribution >= 0.6 is 11.6 Å². The molecule has 0 bridgehead atoms. The van der Waals surface area contributed by atoms with Crippen molar-refractivity contribution >= 4 is 11.6 Å². The molecular weight excluding hydrogens is 380 g/mol. The van der Waals surface area contributed by atoms with E-state index in [0.29, 0.717) is 6.54 Å². The molecule has 0 saturated heterocycles. The van der Waals surface area contributed by atoms with E-state index in [1.807, 2.05) is 47.3 Å². The standard InChI is InChI=1S/C24H23ClN4/c1-18(22-11-5-6-12-23(22)25)27-15-21-17-29(16-19-8-3-2-4-9-19)28-24(21)20-10-7-13-26-14-20/h2-14,17-18,27H,15-16H2,1H3/t18-/m1/s1. The number of nitrogens with one attached hydrogen (secondary N) is 1. The molecule has 2 aromatic carbocycles. The number of aromatic nitrogens is 3. The van der Waals surface area contributed by atoms with Gasteiger partial charge in [-0.25, -0.2) is 0 Å². The predicted molar refractivity (Wildman–Crippen MR) is 118 cm³/mol. The first-order chi connectivity index (χ1) is 14.2. The lowest BCUT2D eigenvalue weighted by molar-refractivity contribution is 0.574. The molecule has 0 unspecified atom stereocenters. The summed E-state index contributed by atoms with van der Waals surface area (Å²) >= 11 is 6.36. The zero-order chi connectivity index (χ0) is 20.1. The van der Waals surface area contributed by atoms with Gasteiger partial charge in [0, 0.05) is 47.3 Å². The highest BCUT2D eigenvalue weighted by atomic mass is 35.5. The zero-order valence-electron chi connectivity index (χ0n) is 16.3. The van der Waals surface area contributed by atoms with E-state index in [0.717, 1.165) is 34.0 Å². The Balaban J connectivity index is 1.58. The highest BCUT2D eigenvalue weighted by Gasteiger charge is 2.14. The van der Waals surface area contributed by atoms with Crippen LogP contribution in [0.4, 0.5) is 0 Å². The molecule has 0 fully saturated rings. The quantitative estimate of drug-likeness (QED) is 0.444. The van der Waals surface area contributed by atoms with Gasteiger partial charge < -0.3 is 5.32 Å². The van der Waals surface area contributed by atoms with E-state index in [4.69, 9.17) is 16.7 Å². The van der Waals surface area contributed by atoms with Crippen LogP contribution in [0.2, 0.25) is 5.02 Å². The minimum atomic E-state index is 0.128. The summed E-state index contributed by atoms with van der Waals surface area (Å²) in [6.07, 6.45) is 5.75. The maximum atomic E-state index is 6.36. The maximum absolute atomic E-state index is 6.36. The van der Waals surface area contributed by atoms with Crippen LogP contribution in [-0.4, -0.2) is 14.8 Å². The zero-order valence-corrected chi connectivity index (χ0v) is 17.1. The van der Waals surface area contributed by atoms with Crippen LogP contribution in [0.3, 0.4) is 0 Å². The molecule has 0 saturated carbocycles. The van der Waals surface area contributed by atoms with E-state index in [2.05, 4.69) is 53.8 Å². The van der Waals surface area contributed by atoms with Crippen molar-refractivity contribution in [3.05, 3.63) is 107 Å². The number of hydrogen-bond acceptors (Lipinski definition) is 3. The van der Waals surface area contributed by atoms with Crippen molar-refractivity contribution in [2.24, 2.45) is 0 Å². The van der Waals surface area contributed by atoms with Gasteiger partial charge in [0.25, 0.3) is 0 Å². The number of nitrogens with zero attached hydrogens (tertiary/aromatic N) is 3. The molecule has 146 valence electrons. The van der Waals surface area contributed by atoms with Crippen LogP contribution in [0.5, 0.6) is 0 Å². The van der Waals surface area contributed by atoms with Crippen LogP contribution in [0, 0.1) is 0 Å². The number of rotatable bonds is 7. The lowest BCUT2D eigenvalue weighted by Gasteiger charge is -2.15. The Kier molecular flexibility index (Phi) is 6.03. The van der Waals surface area contributed by atoms with Crippen molar-refractivity contribution in [2.45, 2.75) is 26.1 Å². The van der Waals surface area contributed by atoms with E-state index in [1.165, 1.54) is 5.56 Å². The molecule has 4 aromatic rings. The molecular formula is C24H23ClN4. The average Bonchev–Trinajstić information content (AvgIpc) is 3.16. The Morgan fingerprint density at radius 1 is 1.00 bits per heavy atom. The Morgan fingerprint density at radius 3 is 2.55 bits per heavy atom. The third-order valence-electron chi connectivity index (χ3n) is 4.93. The van der Waals surface area contributed by atoms with Gasteiger partial charge in [0.05, 0.1) is 12.2 Å². The van der Waals surface area contributed by atoms with Gasteiger partial charge in [-0.05, 0) is 36.2 Å². The van der Waals surface area contributed by atoms with E-state index >= 15 is 0 Å². The van der Waals surface area contributed by atoms with E-state index in [1.54, 1.807) is 6.20 Å². The van der Waals surface area contributed by atoms with Gasteiger partial charge in [0.15, 0.2) is 0 Å². The van der Waals surface area contributed by atoms with Crippen molar-refractivity contribution < 1.29 is 0 Å². The molecule has 0 aliphatic heterocycles. The van der Waals surface area contributed by atoms with Gasteiger partial charge in [-0.15, -0.1) is 0 Å². The van der Waals surface area contributed by atoms with Gasteiger partial charge in [-0.2, -0.15) is 5.10 Å². The van der Waals surface area contributed by atoms with Gasteiger partial charge in [-0.1, -0.05) is 60.1 Å². The largest absolute Gasteiger partial charge is 0.306 e. The molecule has 1 N–H and O–H groups in total. The fourth-order valence-electron chi connectivity index (χ4n) is 3.39. The van der Waals surface area contributed by atoms with Crippen molar-refractivity contribution in [3.63, 3.8) is 0 Å². The maximum Gasteiger partial charge on any atom is 0.0983 e. The smallest absolute Gasteiger partial charge is 0.0983 e. The molecule has 2 heterocycles. The second-order valence-corrected chi connectivity index (χ2v) is 7.46. The summed E-state index contributed by atoms with van der Waals surface area (Å²) in [5.74, 6) is 0. The Bertz CT molecular complexity index is 1060. The van der Waals surface area contributed by atoms with Gasteiger partial charge in [-0.3, -0.25) is 9.67 Å². The summed E-state index contributed by atoms with van der Waals surface area (Å²) < 4.78 is 1.99. The first-order valence-electron chi connectivity index (χ1n) is 9.69. The van der Waals surface area contributed by atoms with Crippen molar-refractivity contribution in [2.75, 3.05) is 0 Å². The summed E-state index contributed by atoms with van der Waals surface area (Å²) in [6, 6.07) is 22.4. The molecule has 0 radical (unpaired) electrons. The third-order valence-corrected chi connectivity index (χ3v) is 5.27. The molecule has 2 aromatic heterocycles. The lowest BCUT2D eigenvalue weighted by Crippen LogP contribution is -2.18. The van der Waals surface area contributed by atoms with Crippen molar-refractivity contribution in [3.8, 4) is 11.3 Å². The van der Waals surface area contributed by atoms with Crippen molar-refractivity contribution in [1.29, 1.82) is 0 Å². The Morgan fingerprint density at radius 2 is 1.79 bits per heavy atom. The summed E-state index contributed by atoms with van der Waals surface area (Å²) in [6.45, 7) is 3.54. The molecule has 0 amide bonds. The second-order valence-electron chi connectivity index (χ2n) is 7.05. The molecule has 0 aliphatic rings. The van der Waals surface area contributed by atoms with E-state index in [-0.39, 0.29) is 6.04 Å². The third kappa shape index (κ3) is 4.73. The van der Waals surface area contributed by atoms with Crippen LogP contribution in [0.25, 0.3) is 11.3 Å².